The summed E-state index contributed by atoms with van der Waals surface area (Å²) in [7, 11) is 1.63. The molecule has 0 heterocycles. The summed E-state index contributed by atoms with van der Waals surface area (Å²) in [5, 5.41) is 2.87. The number of nitrogens with one attached hydrogen (secondary N) is 2. The lowest BCUT2D eigenvalue weighted by Crippen LogP contribution is -2.32. The van der Waals surface area contributed by atoms with Gasteiger partial charge in [-0.05, 0) is 80.9 Å². The molecule has 0 atom stereocenters. The summed E-state index contributed by atoms with van der Waals surface area (Å²) in [5.74, 6) is 0.673. The van der Waals surface area contributed by atoms with Gasteiger partial charge in [0, 0.05) is 42.6 Å². The number of rotatable bonds is 14. The number of alkyl halides is 1. The maximum absolute atomic E-state index is 11.2. The van der Waals surface area contributed by atoms with Crippen molar-refractivity contribution in [2.75, 3.05) is 37.5 Å². The van der Waals surface area contributed by atoms with Gasteiger partial charge in [-0.3, -0.25) is 9.79 Å². The van der Waals surface area contributed by atoms with E-state index in [9.17, 15) is 4.79 Å². The number of carbonyl (C=O) groups is 1. The summed E-state index contributed by atoms with van der Waals surface area (Å²) in [6.45, 7) is 8.80. The summed E-state index contributed by atoms with van der Waals surface area (Å²) in [6.07, 6.45) is 11.5. The van der Waals surface area contributed by atoms with Crippen molar-refractivity contribution in [2.45, 2.75) is 52.9 Å². The molecule has 0 saturated carbocycles. The van der Waals surface area contributed by atoms with E-state index < -0.39 is 0 Å². The highest BCUT2D eigenvalue weighted by Crippen LogP contribution is 2.29. The predicted octanol–water partition coefficient (Wildman–Crippen LogP) is 5.75. The van der Waals surface area contributed by atoms with Crippen LogP contribution in [0.1, 0.15) is 51.5 Å². The van der Waals surface area contributed by atoms with Gasteiger partial charge in [0.05, 0.1) is 12.8 Å². The van der Waals surface area contributed by atoms with Gasteiger partial charge in [-0.1, -0.05) is 25.1 Å². The van der Waals surface area contributed by atoms with E-state index in [4.69, 9.17) is 21.4 Å². The number of halogens is 1. The number of aryl methyl sites for hydroxylation is 1. The molecule has 0 unspecified atom stereocenters. The Balaban J connectivity index is 2.41. The third kappa shape index (κ3) is 8.42. The molecule has 0 fully saturated rings. The predicted molar refractivity (Wildman–Crippen MR) is 144 cm³/mol. The number of allylic oxidation sites excluding steroid dienone is 5. The number of hydrogen-bond acceptors (Lipinski definition) is 5. The highest BCUT2D eigenvalue weighted by atomic mass is 35.5. The number of aliphatic imine (C=N–C) groups is 1. The van der Waals surface area contributed by atoms with Crippen LogP contribution in [0.15, 0.2) is 58.3 Å². The number of hydrogen-bond donors (Lipinski definition) is 2. The summed E-state index contributed by atoms with van der Waals surface area (Å²) >= 11 is 5.91. The van der Waals surface area contributed by atoms with Crippen LogP contribution >= 0.6 is 11.6 Å². The van der Waals surface area contributed by atoms with E-state index in [2.05, 4.69) is 60.7 Å². The monoisotopic (exact) mass is 486 g/mol. The highest BCUT2D eigenvalue weighted by molar-refractivity contribution is 6.17. The van der Waals surface area contributed by atoms with Gasteiger partial charge in [0.25, 0.3) is 0 Å². The molecule has 34 heavy (non-hydrogen) atoms. The third-order valence-electron chi connectivity index (χ3n) is 5.97. The second-order valence-corrected chi connectivity index (χ2v) is 8.66. The second kappa shape index (κ2) is 15.5. The van der Waals surface area contributed by atoms with Crippen LogP contribution in [-0.4, -0.2) is 44.7 Å². The molecular weight excluding hydrogens is 448 g/mol. The van der Waals surface area contributed by atoms with E-state index in [-0.39, 0.29) is 0 Å². The third-order valence-corrected chi connectivity index (χ3v) is 6.24. The molecule has 186 valence electrons. The Morgan fingerprint density at radius 2 is 2.12 bits per heavy atom. The molecular formula is C27H39ClN4O2. The number of carbonyl (C=O) groups excluding carboxylic acids is 1. The Morgan fingerprint density at radius 3 is 2.82 bits per heavy atom. The highest BCUT2D eigenvalue weighted by Gasteiger charge is 2.14. The fourth-order valence-electron chi connectivity index (χ4n) is 4.02. The Bertz CT molecular complexity index is 911. The standard InChI is InChI=1S/C27H39ClN4O2/c1-5-25(22(3)24-11-7-6-8-12-26(24)29-20-33)31-27-19-23(14-13-21(27)2)32(17-10-9-15-28)18-16-30-34-4/h6,8,12-14,19-20,30H,5,7,9-11,15-18H2,1-4H3,(H,29,33)/b24-22+,31-25?. The first-order valence-electron chi connectivity index (χ1n) is 12.1. The average molecular weight is 487 g/mol. The molecule has 1 aliphatic rings. The van der Waals surface area contributed by atoms with E-state index in [1.807, 2.05) is 12.2 Å². The largest absolute Gasteiger partial charge is 0.370 e. The van der Waals surface area contributed by atoms with E-state index in [0.29, 0.717) is 5.88 Å². The topological polar surface area (TPSA) is 66.0 Å². The van der Waals surface area contributed by atoms with Crippen LogP contribution in [0.4, 0.5) is 11.4 Å². The molecule has 0 aliphatic heterocycles. The Kier molecular flexibility index (Phi) is 12.7. The zero-order chi connectivity index (χ0) is 24.8. The van der Waals surface area contributed by atoms with Gasteiger partial charge < -0.3 is 15.1 Å². The first-order chi connectivity index (χ1) is 16.5. The van der Waals surface area contributed by atoms with Crippen molar-refractivity contribution in [3.8, 4) is 0 Å². The molecule has 6 nitrogen and oxygen atoms in total. The molecule has 0 bridgehead atoms. The molecule has 1 amide bonds. The first kappa shape index (κ1) is 27.8. The average Bonchev–Trinajstić information content (AvgIpc) is 3.08. The van der Waals surface area contributed by atoms with Crippen LogP contribution in [0.5, 0.6) is 0 Å². The Labute approximate surface area is 209 Å². The molecule has 0 aromatic heterocycles. The van der Waals surface area contributed by atoms with E-state index in [1.54, 1.807) is 7.11 Å². The quantitative estimate of drug-likeness (QED) is 0.115. The molecule has 0 spiro atoms. The number of anilines is 1. The zero-order valence-corrected chi connectivity index (χ0v) is 21.8. The number of unbranched alkanes of at least 4 members (excludes halogenated alkanes) is 1. The lowest BCUT2D eigenvalue weighted by molar-refractivity contribution is -0.108. The van der Waals surface area contributed by atoms with E-state index >= 15 is 0 Å². The van der Waals surface area contributed by atoms with Crippen molar-refractivity contribution in [1.29, 1.82) is 0 Å². The fraction of sp³-hybridized carbons (Fsp3) is 0.481. The van der Waals surface area contributed by atoms with Gasteiger partial charge in [0.1, 0.15) is 0 Å². The second-order valence-electron chi connectivity index (χ2n) is 8.28. The van der Waals surface area contributed by atoms with Crippen LogP contribution in [-0.2, 0) is 9.63 Å². The minimum Gasteiger partial charge on any atom is -0.370 e. The number of amides is 1. The van der Waals surface area contributed by atoms with Crippen molar-refractivity contribution in [2.24, 2.45) is 4.99 Å². The molecule has 7 heteroatoms. The maximum Gasteiger partial charge on any atom is 0.211 e. The molecule has 1 aromatic carbocycles. The Morgan fingerprint density at radius 1 is 1.29 bits per heavy atom. The summed E-state index contributed by atoms with van der Waals surface area (Å²) < 4.78 is 0. The van der Waals surface area contributed by atoms with Gasteiger partial charge in [-0.2, -0.15) is 0 Å². The normalized spacial score (nSPS) is 15.6. The first-order valence-corrected chi connectivity index (χ1v) is 12.6. The maximum atomic E-state index is 11.2. The van der Waals surface area contributed by atoms with Crippen LogP contribution in [0.25, 0.3) is 0 Å². The number of benzene rings is 1. The smallest absolute Gasteiger partial charge is 0.211 e. The minimum absolute atomic E-state index is 0.673. The van der Waals surface area contributed by atoms with Crippen molar-refractivity contribution in [3.63, 3.8) is 0 Å². The van der Waals surface area contributed by atoms with Gasteiger partial charge in [0.15, 0.2) is 0 Å². The van der Waals surface area contributed by atoms with Crippen LogP contribution in [0.3, 0.4) is 0 Å². The SMILES string of the molecule is CCC(=Nc1cc(N(CCCCCl)CCNOC)ccc1C)/C(C)=C1\CCC=CC=C1NC=O. The molecule has 0 radical (unpaired) electrons. The summed E-state index contributed by atoms with van der Waals surface area (Å²) in [5.41, 5.74) is 10.3. The van der Waals surface area contributed by atoms with Crippen molar-refractivity contribution >= 4 is 35.1 Å². The molecule has 2 rings (SSSR count). The van der Waals surface area contributed by atoms with Gasteiger partial charge >= 0.3 is 0 Å². The minimum atomic E-state index is 0.673. The van der Waals surface area contributed by atoms with Gasteiger partial charge in [-0.25, -0.2) is 5.48 Å². The summed E-state index contributed by atoms with van der Waals surface area (Å²) in [6, 6.07) is 6.47. The van der Waals surface area contributed by atoms with Gasteiger partial charge in [-0.15, -0.1) is 11.6 Å². The molecule has 1 aliphatic carbocycles. The molecule has 1 aromatic rings. The lowest BCUT2D eigenvalue weighted by atomic mass is 9.97. The van der Waals surface area contributed by atoms with Crippen LogP contribution in [0, 0.1) is 6.92 Å². The molecule has 2 N–H and O–H groups in total. The van der Waals surface area contributed by atoms with Gasteiger partial charge in [0.2, 0.25) is 6.41 Å². The summed E-state index contributed by atoms with van der Waals surface area (Å²) in [4.78, 5) is 23.7. The van der Waals surface area contributed by atoms with Crippen molar-refractivity contribution in [3.05, 3.63) is 58.8 Å². The van der Waals surface area contributed by atoms with E-state index in [0.717, 1.165) is 97.6 Å². The zero-order valence-electron chi connectivity index (χ0n) is 21.0. The number of hydroxylamine groups is 1. The van der Waals surface area contributed by atoms with Crippen molar-refractivity contribution in [1.82, 2.24) is 10.8 Å². The van der Waals surface area contributed by atoms with Crippen LogP contribution in [0.2, 0.25) is 0 Å². The van der Waals surface area contributed by atoms with Crippen LogP contribution < -0.4 is 15.7 Å². The lowest BCUT2D eigenvalue weighted by Gasteiger charge is -2.25. The van der Waals surface area contributed by atoms with Crippen molar-refractivity contribution < 1.29 is 9.63 Å². The Hall–Kier alpha value is -2.41. The number of nitrogens with zero attached hydrogens (tertiary/aromatic N) is 2. The fourth-order valence-corrected chi connectivity index (χ4v) is 4.21. The molecule has 0 saturated heterocycles. The van der Waals surface area contributed by atoms with E-state index in [1.165, 1.54) is 0 Å².